The molecule has 3 nitrogen and oxygen atoms in total. The maximum atomic E-state index is 5.76. The number of ether oxygens (including phenoxy) is 1. The molecule has 0 spiro atoms. The molecule has 0 radical (unpaired) electrons. The molecule has 2 fully saturated rings. The molecule has 0 aromatic carbocycles. The van der Waals surface area contributed by atoms with Crippen molar-refractivity contribution in [1.82, 2.24) is 10.2 Å². The van der Waals surface area contributed by atoms with E-state index in [1.54, 1.807) is 0 Å². The van der Waals surface area contributed by atoms with Crippen molar-refractivity contribution in [2.75, 3.05) is 32.8 Å². The summed E-state index contributed by atoms with van der Waals surface area (Å²) in [6.45, 7) is 10.1. The number of hydrogen-bond acceptors (Lipinski definition) is 3. The largest absolute Gasteiger partial charge is 0.377 e. The van der Waals surface area contributed by atoms with E-state index in [-0.39, 0.29) is 0 Å². The van der Waals surface area contributed by atoms with E-state index in [0.29, 0.717) is 12.1 Å². The van der Waals surface area contributed by atoms with Crippen LogP contribution in [0.5, 0.6) is 0 Å². The van der Waals surface area contributed by atoms with Gasteiger partial charge < -0.3 is 10.1 Å². The molecule has 2 rings (SSSR count). The zero-order valence-corrected chi connectivity index (χ0v) is 12.9. The van der Waals surface area contributed by atoms with Crippen LogP contribution in [-0.2, 0) is 4.74 Å². The lowest BCUT2D eigenvalue weighted by Gasteiger charge is -2.31. The molecule has 2 aliphatic rings. The highest BCUT2D eigenvalue weighted by molar-refractivity contribution is 4.84. The number of nitrogens with zero attached hydrogens (tertiary/aromatic N) is 1. The summed E-state index contributed by atoms with van der Waals surface area (Å²) in [5.74, 6) is 0.908. The molecule has 2 atom stereocenters. The summed E-state index contributed by atoms with van der Waals surface area (Å²) in [5, 5.41) is 3.81. The Morgan fingerprint density at radius 1 is 1.26 bits per heavy atom. The minimum Gasteiger partial charge on any atom is -0.377 e. The van der Waals surface area contributed by atoms with Crippen LogP contribution in [0.25, 0.3) is 0 Å². The predicted octanol–water partition coefficient (Wildman–Crippen LogP) is 2.66. The molecule has 1 saturated carbocycles. The van der Waals surface area contributed by atoms with Crippen LogP contribution in [0.15, 0.2) is 0 Å². The van der Waals surface area contributed by atoms with Crippen LogP contribution in [0, 0.1) is 5.92 Å². The van der Waals surface area contributed by atoms with Gasteiger partial charge in [-0.1, -0.05) is 19.8 Å². The number of nitrogens with one attached hydrogen (secondary N) is 1. The van der Waals surface area contributed by atoms with Crippen molar-refractivity contribution >= 4 is 0 Å². The van der Waals surface area contributed by atoms with Crippen LogP contribution in [0.3, 0.4) is 0 Å². The van der Waals surface area contributed by atoms with Crippen molar-refractivity contribution in [3.8, 4) is 0 Å². The molecule has 1 N–H and O–H groups in total. The quantitative estimate of drug-likeness (QED) is 0.801. The third-order valence-corrected chi connectivity index (χ3v) is 4.62. The minimum absolute atomic E-state index is 0.401. The van der Waals surface area contributed by atoms with Gasteiger partial charge in [0, 0.05) is 32.3 Å². The second kappa shape index (κ2) is 8.23. The molecule has 3 heteroatoms. The molecule has 19 heavy (non-hydrogen) atoms. The standard InChI is InChI=1S/C16H32N2O/c1-3-9-17-16(15-7-4-5-8-15)13-18-10-6-11-19-14(2)12-18/h14-17H,3-13H2,1-2H3. The Labute approximate surface area is 119 Å². The molecule has 1 aliphatic heterocycles. The van der Waals surface area contributed by atoms with Gasteiger partial charge in [0.2, 0.25) is 0 Å². The zero-order valence-electron chi connectivity index (χ0n) is 12.9. The van der Waals surface area contributed by atoms with E-state index in [1.807, 2.05) is 0 Å². The summed E-state index contributed by atoms with van der Waals surface area (Å²) in [5.41, 5.74) is 0. The fourth-order valence-electron chi connectivity index (χ4n) is 3.59. The average Bonchev–Trinajstić information content (AvgIpc) is 2.85. The van der Waals surface area contributed by atoms with Crippen LogP contribution in [0.2, 0.25) is 0 Å². The summed E-state index contributed by atoms with van der Waals surface area (Å²) in [6, 6.07) is 0.702. The van der Waals surface area contributed by atoms with E-state index in [4.69, 9.17) is 4.74 Å². The predicted molar refractivity (Wildman–Crippen MR) is 80.5 cm³/mol. The van der Waals surface area contributed by atoms with Crippen molar-refractivity contribution in [1.29, 1.82) is 0 Å². The number of rotatable bonds is 6. The van der Waals surface area contributed by atoms with E-state index in [2.05, 4.69) is 24.1 Å². The van der Waals surface area contributed by atoms with Crippen LogP contribution >= 0.6 is 0 Å². The van der Waals surface area contributed by atoms with Gasteiger partial charge in [-0.25, -0.2) is 0 Å². The van der Waals surface area contributed by atoms with Crippen LogP contribution in [0.4, 0.5) is 0 Å². The molecule has 0 aromatic heterocycles. The van der Waals surface area contributed by atoms with E-state index in [9.17, 15) is 0 Å². The van der Waals surface area contributed by atoms with Crippen LogP contribution in [0.1, 0.15) is 52.4 Å². The Bertz CT molecular complexity index is 241. The van der Waals surface area contributed by atoms with Gasteiger partial charge in [-0.05, 0) is 45.1 Å². The van der Waals surface area contributed by atoms with Crippen molar-refractivity contribution in [3.63, 3.8) is 0 Å². The van der Waals surface area contributed by atoms with Crippen molar-refractivity contribution in [3.05, 3.63) is 0 Å². The van der Waals surface area contributed by atoms with Gasteiger partial charge in [-0.2, -0.15) is 0 Å². The lowest BCUT2D eigenvalue weighted by Crippen LogP contribution is -2.46. The minimum atomic E-state index is 0.401. The van der Waals surface area contributed by atoms with Crippen molar-refractivity contribution in [2.45, 2.75) is 64.5 Å². The first kappa shape index (κ1) is 15.3. The molecule has 112 valence electrons. The normalized spacial score (nSPS) is 28.4. The molecule has 0 bridgehead atoms. The van der Waals surface area contributed by atoms with Crippen LogP contribution < -0.4 is 5.32 Å². The first-order chi connectivity index (χ1) is 9.29. The summed E-state index contributed by atoms with van der Waals surface area (Å²) in [7, 11) is 0. The molecule has 0 amide bonds. The van der Waals surface area contributed by atoms with E-state index >= 15 is 0 Å². The summed E-state index contributed by atoms with van der Waals surface area (Å²) in [4.78, 5) is 2.63. The maximum Gasteiger partial charge on any atom is 0.0673 e. The smallest absolute Gasteiger partial charge is 0.0673 e. The third-order valence-electron chi connectivity index (χ3n) is 4.62. The van der Waals surface area contributed by atoms with Crippen molar-refractivity contribution < 1.29 is 4.74 Å². The first-order valence-electron chi connectivity index (χ1n) is 8.37. The topological polar surface area (TPSA) is 24.5 Å². The van der Waals surface area contributed by atoms with Gasteiger partial charge in [0.25, 0.3) is 0 Å². The Balaban J connectivity index is 1.85. The summed E-state index contributed by atoms with van der Waals surface area (Å²) in [6.07, 6.45) is 8.57. The Kier molecular flexibility index (Phi) is 6.62. The zero-order chi connectivity index (χ0) is 13.5. The highest BCUT2D eigenvalue weighted by Crippen LogP contribution is 2.28. The van der Waals surface area contributed by atoms with Gasteiger partial charge >= 0.3 is 0 Å². The maximum absolute atomic E-state index is 5.76. The highest BCUT2D eigenvalue weighted by atomic mass is 16.5. The van der Waals surface area contributed by atoms with Gasteiger partial charge in [0.15, 0.2) is 0 Å². The molecule has 0 aromatic rings. The third kappa shape index (κ3) is 5.05. The van der Waals surface area contributed by atoms with E-state index < -0.39 is 0 Å². The lowest BCUT2D eigenvalue weighted by molar-refractivity contribution is 0.0651. The molecule has 1 aliphatic carbocycles. The van der Waals surface area contributed by atoms with Gasteiger partial charge in [0.1, 0.15) is 0 Å². The van der Waals surface area contributed by atoms with Crippen molar-refractivity contribution in [2.24, 2.45) is 5.92 Å². The molecule has 2 unspecified atom stereocenters. The van der Waals surface area contributed by atoms with Gasteiger partial charge in [-0.15, -0.1) is 0 Å². The van der Waals surface area contributed by atoms with E-state index in [1.165, 1.54) is 58.2 Å². The number of hydrogen-bond donors (Lipinski definition) is 1. The molecular weight excluding hydrogens is 236 g/mol. The van der Waals surface area contributed by atoms with E-state index in [0.717, 1.165) is 19.1 Å². The molecule has 1 heterocycles. The SMILES string of the molecule is CCCNC(CN1CCCOC(C)C1)C1CCCC1. The second-order valence-electron chi connectivity index (χ2n) is 6.40. The molecular formula is C16H32N2O. The summed E-state index contributed by atoms with van der Waals surface area (Å²) >= 11 is 0. The second-order valence-corrected chi connectivity index (χ2v) is 6.40. The Morgan fingerprint density at radius 2 is 2.05 bits per heavy atom. The summed E-state index contributed by atoms with van der Waals surface area (Å²) < 4.78 is 5.76. The first-order valence-corrected chi connectivity index (χ1v) is 8.37. The average molecular weight is 268 g/mol. The highest BCUT2D eigenvalue weighted by Gasteiger charge is 2.27. The van der Waals surface area contributed by atoms with Gasteiger partial charge in [0.05, 0.1) is 6.10 Å². The lowest BCUT2D eigenvalue weighted by atomic mass is 9.97. The van der Waals surface area contributed by atoms with Crippen LogP contribution in [-0.4, -0.2) is 49.8 Å². The monoisotopic (exact) mass is 268 g/mol. The Morgan fingerprint density at radius 3 is 2.79 bits per heavy atom. The van der Waals surface area contributed by atoms with Gasteiger partial charge in [-0.3, -0.25) is 4.90 Å². The molecule has 1 saturated heterocycles. The fraction of sp³-hybridized carbons (Fsp3) is 1.00. The Hall–Kier alpha value is -0.120. The fourth-order valence-corrected chi connectivity index (χ4v) is 3.59.